The van der Waals surface area contributed by atoms with Crippen molar-refractivity contribution in [3.63, 3.8) is 0 Å². The summed E-state index contributed by atoms with van der Waals surface area (Å²) in [5.41, 5.74) is -1.82. The smallest absolute Gasteiger partial charge is 0.416 e. The van der Waals surface area contributed by atoms with E-state index < -0.39 is 51.8 Å². The number of fused-ring (bicyclic) bond motifs is 2. The Balaban J connectivity index is 1.55. The fraction of sp³-hybridized carbons (Fsp3) is 0.323. The number of carbonyl (C=O) groups is 2. The highest BCUT2D eigenvalue weighted by Crippen LogP contribution is 2.48. The fourth-order valence-corrected chi connectivity index (χ4v) is 7.86. The van der Waals surface area contributed by atoms with E-state index in [1.807, 2.05) is 6.92 Å². The molecule has 0 radical (unpaired) electrons. The number of alkyl halides is 3. The number of esters is 2. The van der Waals surface area contributed by atoms with Crippen molar-refractivity contribution < 1.29 is 37.0 Å². The molecule has 1 saturated carbocycles. The third-order valence-electron chi connectivity index (χ3n) is 7.55. The van der Waals surface area contributed by atoms with Crippen molar-refractivity contribution in [2.75, 3.05) is 13.7 Å². The molecule has 1 atom stereocenters. The molecule has 41 heavy (non-hydrogen) atoms. The second-order valence-electron chi connectivity index (χ2n) is 10.00. The number of hydrogen-bond donors (Lipinski definition) is 0. The monoisotopic (exact) mass is 585 g/mol. The van der Waals surface area contributed by atoms with E-state index in [1.165, 1.54) is 25.3 Å². The van der Waals surface area contributed by atoms with E-state index in [0.717, 1.165) is 37.8 Å². The van der Waals surface area contributed by atoms with Gasteiger partial charge in [0.1, 0.15) is 5.60 Å². The van der Waals surface area contributed by atoms with Gasteiger partial charge in [0.2, 0.25) is 10.3 Å². The Morgan fingerprint density at radius 2 is 1.66 bits per heavy atom. The second-order valence-corrected chi connectivity index (χ2v) is 11.9. The minimum atomic E-state index is -4.62. The minimum Gasteiger partial charge on any atom is -0.491 e. The molecule has 10 heteroatoms. The van der Waals surface area contributed by atoms with Gasteiger partial charge < -0.3 is 14.2 Å². The van der Waals surface area contributed by atoms with Crippen LogP contribution in [0.5, 0.6) is 5.75 Å². The summed E-state index contributed by atoms with van der Waals surface area (Å²) in [6.07, 6.45) is -0.416. The molecule has 1 aliphatic carbocycles. The summed E-state index contributed by atoms with van der Waals surface area (Å²) in [5.74, 6) is -1.00. The standard InChI is InChI=1S/C31H28F3O6S/c1-3-30(14-6-7-15-30)40-27(35)18-39-29(37)19-10-12-23(38-2)26(16-19)41-24-9-5-4-8-21(24)28(36)22-17-20(31(32,33)34)11-13-25(22)41/h4-5,8-13,16-17H,3,6-7,14-15,18H2,1-2H3/q+1. The van der Waals surface area contributed by atoms with Crippen LogP contribution >= 0.6 is 10.5 Å². The van der Waals surface area contributed by atoms with E-state index in [4.69, 9.17) is 14.2 Å². The number of ether oxygens (including phenoxy) is 3. The molecule has 0 N–H and O–H groups in total. The average Bonchev–Trinajstić information content (AvgIpc) is 3.44. The molecule has 0 spiro atoms. The Hall–Kier alpha value is -3.92. The van der Waals surface area contributed by atoms with Crippen LogP contribution in [-0.4, -0.2) is 31.3 Å². The summed E-state index contributed by atoms with van der Waals surface area (Å²) in [6, 6.07) is 14.4. The van der Waals surface area contributed by atoms with Gasteiger partial charge in [-0.25, -0.2) is 9.59 Å². The van der Waals surface area contributed by atoms with Gasteiger partial charge in [0.15, 0.2) is 21.8 Å². The molecule has 0 amide bonds. The highest BCUT2D eigenvalue weighted by molar-refractivity contribution is 7.49. The highest BCUT2D eigenvalue weighted by atomic mass is 32.2. The molecule has 1 fully saturated rings. The summed E-state index contributed by atoms with van der Waals surface area (Å²) in [6.45, 7) is 1.41. The van der Waals surface area contributed by atoms with Crippen molar-refractivity contribution in [1.29, 1.82) is 0 Å². The van der Waals surface area contributed by atoms with Gasteiger partial charge in [-0.3, -0.25) is 4.79 Å². The zero-order valence-corrected chi connectivity index (χ0v) is 23.3. The normalized spacial score (nSPS) is 15.2. The van der Waals surface area contributed by atoms with Crippen molar-refractivity contribution in [3.8, 4) is 10.6 Å². The first kappa shape index (κ1) is 28.6. The van der Waals surface area contributed by atoms with Crippen LogP contribution in [0.25, 0.3) is 25.1 Å². The van der Waals surface area contributed by atoms with Crippen molar-refractivity contribution in [2.45, 2.75) is 50.8 Å². The Morgan fingerprint density at radius 1 is 0.951 bits per heavy atom. The van der Waals surface area contributed by atoms with E-state index in [1.54, 1.807) is 30.3 Å². The van der Waals surface area contributed by atoms with E-state index in [-0.39, 0.29) is 16.3 Å². The lowest BCUT2D eigenvalue weighted by Gasteiger charge is -2.27. The van der Waals surface area contributed by atoms with E-state index >= 15 is 0 Å². The van der Waals surface area contributed by atoms with Gasteiger partial charge in [0, 0.05) is 16.5 Å². The van der Waals surface area contributed by atoms with E-state index in [9.17, 15) is 27.6 Å². The Morgan fingerprint density at radius 3 is 2.34 bits per heavy atom. The van der Waals surface area contributed by atoms with Crippen LogP contribution < -0.4 is 10.2 Å². The van der Waals surface area contributed by atoms with Gasteiger partial charge in [-0.15, -0.1) is 0 Å². The van der Waals surface area contributed by atoms with Crippen LogP contribution in [-0.2, 0) is 20.4 Å². The van der Waals surface area contributed by atoms with Crippen LogP contribution in [0.2, 0.25) is 0 Å². The van der Waals surface area contributed by atoms with Gasteiger partial charge in [0.05, 0.1) is 29.0 Å². The van der Waals surface area contributed by atoms with Crippen LogP contribution in [0.3, 0.4) is 0 Å². The molecule has 3 aromatic carbocycles. The number of methoxy groups -OCH3 is 1. The fourth-order valence-electron chi connectivity index (χ4n) is 5.38. The molecule has 1 unspecified atom stereocenters. The SMILES string of the molecule is CCC1(OC(=O)COC(=O)c2ccc(OC)c(-[s+]3c4ccccc4c(=O)c4cc(C(F)(F)F)ccc43)c2)CCCC1. The van der Waals surface area contributed by atoms with Gasteiger partial charge in [0.25, 0.3) is 0 Å². The molecule has 4 aromatic rings. The maximum absolute atomic E-state index is 13.5. The van der Waals surface area contributed by atoms with Crippen LogP contribution in [0.4, 0.5) is 13.2 Å². The third kappa shape index (κ3) is 5.53. The topological polar surface area (TPSA) is 78.9 Å². The van der Waals surface area contributed by atoms with Crippen molar-refractivity contribution >= 4 is 42.6 Å². The van der Waals surface area contributed by atoms with E-state index in [0.29, 0.717) is 26.5 Å². The Labute approximate surface area is 236 Å². The quantitative estimate of drug-likeness (QED) is 0.127. The number of carbonyl (C=O) groups excluding carboxylic acids is 2. The Bertz CT molecular complexity index is 1700. The van der Waals surface area contributed by atoms with Crippen LogP contribution in [0.1, 0.15) is 54.9 Å². The second kappa shape index (κ2) is 11.2. The number of rotatable bonds is 7. The first-order valence-electron chi connectivity index (χ1n) is 13.2. The molecule has 1 heterocycles. The summed E-state index contributed by atoms with van der Waals surface area (Å²) in [7, 11) is 0.354. The molecule has 214 valence electrons. The summed E-state index contributed by atoms with van der Waals surface area (Å²) in [4.78, 5) is 39.3. The van der Waals surface area contributed by atoms with Crippen LogP contribution in [0, 0.1) is 0 Å². The lowest BCUT2D eigenvalue weighted by atomic mass is 9.99. The summed E-state index contributed by atoms with van der Waals surface area (Å²) in [5, 5.41) is 0.216. The molecule has 5 rings (SSSR count). The molecule has 0 bridgehead atoms. The van der Waals surface area contributed by atoms with Crippen LogP contribution in [0.15, 0.2) is 65.5 Å². The maximum atomic E-state index is 13.5. The van der Waals surface area contributed by atoms with Gasteiger partial charge in [-0.2, -0.15) is 13.2 Å². The van der Waals surface area contributed by atoms with Gasteiger partial charge in [-0.05, 0) is 74.6 Å². The Kier molecular flexibility index (Phi) is 7.78. The number of benzene rings is 3. The minimum absolute atomic E-state index is 0.0589. The number of hydrogen-bond acceptors (Lipinski definition) is 6. The van der Waals surface area contributed by atoms with Gasteiger partial charge in [-0.1, -0.05) is 19.1 Å². The zero-order valence-electron chi connectivity index (χ0n) is 22.5. The predicted octanol–water partition coefficient (Wildman–Crippen LogP) is 7.54. The van der Waals surface area contributed by atoms with E-state index in [2.05, 4.69) is 0 Å². The largest absolute Gasteiger partial charge is 0.491 e. The molecule has 1 aromatic heterocycles. The number of halogens is 3. The highest BCUT2D eigenvalue weighted by Gasteiger charge is 2.36. The molecule has 0 saturated heterocycles. The lowest BCUT2D eigenvalue weighted by Crippen LogP contribution is -2.33. The molecular formula is C31H28F3O6S+. The molecule has 0 aliphatic heterocycles. The van der Waals surface area contributed by atoms with Crippen molar-refractivity contribution in [3.05, 3.63) is 82.0 Å². The third-order valence-corrected chi connectivity index (χ3v) is 9.90. The average molecular weight is 586 g/mol. The summed E-state index contributed by atoms with van der Waals surface area (Å²) < 4.78 is 58.1. The van der Waals surface area contributed by atoms with Crippen molar-refractivity contribution in [1.82, 2.24) is 0 Å². The first-order valence-corrected chi connectivity index (χ1v) is 14.5. The predicted molar refractivity (Wildman–Crippen MR) is 151 cm³/mol. The zero-order chi connectivity index (χ0) is 29.4. The lowest BCUT2D eigenvalue weighted by molar-refractivity contribution is -0.163. The molecule has 1 aliphatic rings. The first-order chi connectivity index (χ1) is 19.6. The molecular weight excluding hydrogens is 557 g/mol. The van der Waals surface area contributed by atoms with Crippen molar-refractivity contribution in [2.24, 2.45) is 0 Å². The maximum Gasteiger partial charge on any atom is 0.416 e. The summed E-state index contributed by atoms with van der Waals surface area (Å²) >= 11 is 0. The van der Waals surface area contributed by atoms with Gasteiger partial charge >= 0.3 is 18.1 Å². The molecule has 6 nitrogen and oxygen atoms in total.